The lowest BCUT2D eigenvalue weighted by Gasteiger charge is -2.11. The van der Waals surface area contributed by atoms with Gasteiger partial charge in [-0.25, -0.2) is 18.4 Å². The molecular formula is C24H23N3O3S. The first-order valence-corrected chi connectivity index (χ1v) is 11.8. The van der Waals surface area contributed by atoms with E-state index in [4.69, 9.17) is 4.74 Å². The van der Waals surface area contributed by atoms with Crippen molar-refractivity contribution < 1.29 is 13.2 Å². The Morgan fingerprint density at radius 1 is 0.903 bits per heavy atom. The molecule has 0 bridgehead atoms. The van der Waals surface area contributed by atoms with Crippen LogP contribution in [-0.4, -0.2) is 31.2 Å². The van der Waals surface area contributed by atoms with Crippen LogP contribution in [0.3, 0.4) is 0 Å². The van der Waals surface area contributed by atoms with Crippen LogP contribution in [0.1, 0.15) is 11.1 Å². The summed E-state index contributed by atoms with van der Waals surface area (Å²) in [7, 11) is -3.32. The molecule has 0 aliphatic heterocycles. The highest BCUT2D eigenvalue weighted by atomic mass is 32.2. The van der Waals surface area contributed by atoms with Crippen molar-refractivity contribution >= 4 is 32.2 Å². The van der Waals surface area contributed by atoms with E-state index < -0.39 is 9.84 Å². The van der Waals surface area contributed by atoms with Crippen molar-refractivity contribution in [3.05, 3.63) is 90.3 Å². The van der Waals surface area contributed by atoms with E-state index in [-0.39, 0.29) is 4.90 Å². The lowest BCUT2D eigenvalue weighted by molar-refractivity contribution is 0.124. The predicted molar refractivity (Wildman–Crippen MR) is 122 cm³/mol. The average Bonchev–Trinajstić information content (AvgIpc) is 2.77. The first-order chi connectivity index (χ1) is 15.0. The number of nitrogens with zero attached hydrogens (tertiary/aromatic N) is 2. The van der Waals surface area contributed by atoms with Crippen molar-refractivity contribution in [1.29, 1.82) is 0 Å². The predicted octanol–water partition coefficient (Wildman–Crippen LogP) is 4.54. The van der Waals surface area contributed by atoms with Gasteiger partial charge in [0.2, 0.25) is 0 Å². The van der Waals surface area contributed by atoms with Crippen molar-refractivity contribution in [1.82, 2.24) is 9.97 Å². The van der Waals surface area contributed by atoms with Crippen molar-refractivity contribution in [2.24, 2.45) is 0 Å². The molecule has 6 nitrogen and oxygen atoms in total. The molecule has 1 aromatic heterocycles. The van der Waals surface area contributed by atoms with E-state index in [2.05, 4.69) is 27.4 Å². The molecule has 0 unspecified atom stereocenters. The highest BCUT2D eigenvalue weighted by Gasteiger charge is 2.11. The Hall–Kier alpha value is -3.29. The molecule has 0 atom stereocenters. The van der Waals surface area contributed by atoms with Crippen LogP contribution in [0.4, 0.5) is 11.5 Å². The minimum Gasteiger partial charge on any atom is -0.376 e. The fourth-order valence-corrected chi connectivity index (χ4v) is 3.91. The normalized spacial score (nSPS) is 11.5. The Kier molecular flexibility index (Phi) is 6.25. The zero-order valence-corrected chi connectivity index (χ0v) is 18.0. The molecule has 0 aliphatic carbocycles. The quantitative estimate of drug-likeness (QED) is 0.411. The second-order valence-electron chi connectivity index (χ2n) is 7.29. The summed E-state index contributed by atoms with van der Waals surface area (Å²) in [4.78, 5) is 8.78. The summed E-state index contributed by atoms with van der Waals surface area (Å²) in [5, 5.41) is 3.93. The summed E-state index contributed by atoms with van der Waals surface area (Å²) >= 11 is 0. The van der Waals surface area contributed by atoms with Crippen molar-refractivity contribution in [3.8, 4) is 0 Å². The van der Waals surface area contributed by atoms with Crippen LogP contribution in [0.25, 0.3) is 10.9 Å². The molecule has 0 saturated heterocycles. The van der Waals surface area contributed by atoms with Crippen molar-refractivity contribution in [2.45, 2.75) is 17.9 Å². The van der Waals surface area contributed by atoms with Crippen LogP contribution in [-0.2, 0) is 27.6 Å². The molecule has 0 spiro atoms. The number of rotatable bonds is 8. The molecule has 0 fully saturated rings. The summed E-state index contributed by atoms with van der Waals surface area (Å²) in [5.41, 5.74) is 3.80. The fourth-order valence-electron chi connectivity index (χ4n) is 3.27. The molecule has 1 heterocycles. The van der Waals surface area contributed by atoms with Crippen LogP contribution < -0.4 is 5.32 Å². The molecule has 158 valence electrons. The Bertz CT molecular complexity index is 1290. The molecule has 4 rings (SSSR count). The highest BCUT2D eigenvalue weighted by molar-refractivity contribution is 7.90. The van der Waals surface area contributed by atoms with Gasteiger partial charge in [0.1, 0.15) is 12.1 Å². The van der Waals surface area contributed by atoms with Crippen LogP contribution in [0.2, 0.25) is 0 Å². The minimum atomic E-state index is -3.32. The molecule has 0 radical (unpaired) electrons. The zero-order chi connectivity index (χ0) is 21.7. The third-order valence-electron chi connectivity index (χ3n) is 4.87. The smallest absolute Gasteiger partial charge is 0.175 e. The molecule has 0 saturated carbocycles. The molecule has 7 heteroatoms. The van der Waals surface area contributed by atoms with E-state index >= 15 is 0 Å². The van der Waals surface area contributed by atoms with Gasteiger partial charge in [0.15, 0.2) is 9.84 Å². The van der Waals surface area contributed by atoms with Gasteiger partial charge in [0.05, 0.1) is 23.6 Å². The summed E-state index contributed by atoms with van der Waals surface area (Å²) < 4.78 is 29.7. The summed E-state index contributed by atoms with van der Waals surface area (Å²) in [5.74, 6) is 0.553. The maximum atomic E-state index is 11.9. The van der Waals surface area contributed by atoms with Gasteiger partial charge in [0, 0.05) is 17.3 Å². The maximum absolute atomic E-state index is 11.9. The Labute approximate surface area is 181 Å². The minimum absolute atomic E-state index is 0.235. The largest absolute Gasteiger partial charge is 0.376 e. The summed E-state index contributed by atoms with van der Waals surface area (Å²) in [6.07, 6.45) is 3.52. The molecule has 4 aromatic rings. The van der Waals surface area contributed by atoms with Gasteiger partial charge in [-0.15, -0.1) is 0 Å². The number of fused-ring (bicyclic) bond motifs is 1. The number of hydrogen-bond donors (Lipinski definition) is 1. The molecule has 0 aliphatic rings. The second-order valence-corrected chi connectivity index (χ2v) is 9.30. The van der Waals surface area contributed by atoms with Crippen molar-refractivity contribution in [2.75, 3.05) is 18.2 Å². The fraction of sp³-hybridized carbons (Fsp3) is 0.167. The van der Waals surface area contributed by atoms with E-state index in [9.17, 15) is 8.42 Å². The molecule has 0 amide bonds. The molecule has 1 N–H and O–H groups in total. The van der Waals surface area contributed by atoms with Gasteiger partial charge < -0.3 is 10.1 Å². The van der Waals surface area contributed by atoms with Gasteiger partial charge in [0.25, 0.3) is 0 Å². The van der Waals surface area contributed by atoms with Crippen molar-refractivity contribution in [3.63, 3.8) is 0 Å². The Morgan fingerprint density at radius 2 is 1.71 bits per heavy atom. The zero-order valence-electron chi connectivity index (χ0n) is 17.2. The van der Waals surface area contributed by atoms with Gasteiger partial charge in [-0.05, 0) is 47.9 Å². The Balaban J connectivity index is 1.46. The number of aromatic nitrogens is 2. The molecule has 31 heavy (non-hydrogen) atoms. The standard InChI is InChI=1S/C24H23N3O3S/c1-31(28,29)21-10-11-23-22(15-21)24(26-17-25-23)27-20-9-5-8-19(14-20)16-30-13-12-18-6-3-2-4-7-18/h2-11,14-15,17H,12-13,16H2,1H3,(H,25,26,27). The lowest BCUT2D eigenvalue weighted by atomic mass is 10.2. The summed E-state index contributed by atoms with van der Waals surface area (Å²) in [6.45, 7) is 1.15. The maximum Gasteiger partial charge on any atom is 0.175 e. The first kappa shape index (κ1) is 21.0. The van der Waals surface area contributed by atoms with Crippen LogP contribution >= 0.6 is 0 Å². The van der Waals surface area contributed by atoms with Crippen LogP contribution in [0.15, 0.2) is 84.0 Å². The van der Waals surface area contributed by atoms with E-state index in [0.29, 0.717) is 29.9 Å². The van der Waals surface area contributed by atoms with E-state index in [1.165, 1.54) is 18.1 Å². The van der Waals surface area contributed by atoms with Crippen LogP contribution in [0, 0.1) is 0 Å². The third-order valence-corrected chi connectivity index (χ3v) is 5.98. The van der Waals surface area contributed by atoms with E-state index in [1.54, 1.807) is 18.2 Å². The van der Waals surface area contributed by atoms with Gasteiger partial charge in [-0.1, -0.05) is 42.5 Å². The topological polar surface area (TPSA) is 81.2 Å². The molecule has 3 aromatic carbocycles. The van der Waals surface area contributed by atoms with E-state index in [0.717, 1.165) is 17.7 Å². The lowest BCUT2D eigenvalue weighted by Crippen LogP contribution is -2.01. The number of sulfone groups is 1. The number of benzene rings is 3. The van der Waals surface area contributed by atoms with Gasteiger partial charge in [-0.3, -0.25) is 0 Å². The molecular weight excluding hydrogens is 410 g/mol. The third kappa shape index (κ3) is 5.45. The number of ether oxygens (including phenoxy) is 1. The van der Waals surface area contributed by atoms with Gasteiger partial charge >= 0.3 is 0 Å². The second kappa shape index (κ2) is 9.24. The highest BCUT2D eigenvalue weighted by Crippen LogP contribution is 2.26. The number of nitrogens with one attached hydrogen (secondary N) is 1. The van der Waals surface area contributed by atoms with Gasteiger partial charge in [-0.2, -0.15) is 0 Å². The average molecular weight is 434 g/mol. The first-order valence-electron chi connectivity index (χ1n) is 9.91. The monoisotopic (exact) mass is 433 g/mol. The SMILES string of the molecule is CS(=O)(=O)c1ccc2ncnc(Nc3cccc(COCCc4ccccc4)c3)c2c1. The van der Waals surface area contributed by atoms with Crippen LogP contribution in [0.5, 0.6) is 0 Å². The summed E-state index contributed by atoms with van der Waals surface area (Å²) in [6, 6.07) is 23.0. The Morgan fingerprint density at radius 3 is 2.52 bits per heavy atom. The van der Waals surface area contributed by atoms with E-state index in [1.807, 2.05) is 42.5 Å². The number of anilines is 2. The number of hydrogen-bond acceptors (Lipinski definition) is 6.